The predicted molar refractivity (Wildman–Crippen MR) is 81.2 cm³/mol. The molecule has 2 atom stereocenters. The summed E-state index contributed by atoms with van der Waals surface area (Å²) in [5.41, 5.74) is 0.673. The predicted octanol–water partition coefficient (Wildman–Crippen LogP) is 3.68. The normalized spacial score (nSPS) is 34.9. The average molecular weight is 267 g/mol. The number of nitrogens with zero attached hydrogens (tertiary/aromatic N) is 1. The van der Waals surface area contributed by atoms with Gasteiger partial charge in [-0.05, 0) is 62.3 Å². The van der Waals surface area contributed by atoms with Gasteiger partial charge in [-0.25, -0.2) is 0 Å². The Bertz CT molecular complexity index is 300. The van der Waals surface area contributed by atoms with Crippen molar-refractivity contribution in [2.24, 2.45) is 16.7 Å². The molecule has 0 aromatic heterocycles. The zero-order valence-corrected chi connectivity index (χ0v) is 13.6. The minimum absolute atomic E-state index is 0.116. The van der Waals surface area contributed by atoms with Gasteiger partial charge in [-0.3, -0.25) is 0 Å². The Morgan fingerprint density at radius 3 is 2.05 bits per heavy atom. The first-order chi connectivity index (χ1) is 8.71. The molecule has 0 saturated heterocycles. The zero-order chi connectivity index (χ0) is 14.3. The van der Waals surface area contributed by atoms with Gasteiger partial charge in [0.2, 0.25) is 0 Å². The van der Waals surface area contributed by atoms with E-state index in [1.54, 1.807) is 0 Å². The molecule has 0 bridgehead atoms. The highest BCUT2D eigenvalue weighted by Crippen LogP contribution is 2.42. The van der Waals surface area contributed by atoms with Crippen LogP contribution in [0.15, 0.2) is 0 Å². The minimum atomic E-state index is -0.116. The molecular weight excluding hydrogens is 234 g/mol. The van der Waals surface area contributed by atoms with Gasteiger partial charge in [-0.1, -0.05) is 27.7 Å². The van der Waals surface area contributed by atoms with Crippen LogP contribution in [-0.2, 0) is 0 Å². The maximum atomic E-state index is 10.4. The van der Waals surface area contributed by atoms with E-state index in [1.165, 1.54) is 38.5 Å². The van der Waals surface area contributed by atoms with Crippen LogP contribution in [0, 0.1) is 16.7 Å². The van der Waals surface area contributed by atoms with Crippen LogP contribution in [0.4, 0.5) is 0 Å². The van der Waals surface area contributed by atoms with Crippen LogP contribution in [0.3, 0.4) is 0 Å². The van der Waals surface area contributed by atoms with Crippen molar-refractivity contribution in [1.29, 1.82) is 0 Å². The summed E-state index contributed by atoms with van der Waals surface area (Å²) in [5.74, 6) is 0.481. The summed E-state index contributed by atoms with van der Waals surface area (Å²) in [5, 5.41) is 10.4. The van der Waals surface area contributed by atoms with Crippen molar-refractivity contribution in [2.75, 3.05) is 13.6 Å². The van der Waals surface area contributed by atoms with Crippen LogP contribution >= 0.6 is 0 Å². The Morgan fingerprint density at radius 2 is 1.58 bits per heavy atom. The molecule has 112 valence electrons. The summed E-state index contributed by atoms with van der Waals surface area (Å²) in [6.45, 7) is 10.3. The van der Waals surface area contributed by atoms with Crippen LogP contribution in [0.5, 0.6) is 0 Å². The molecule has 0 aromatic rings. The molecule has 0 spiro atoms. The second-order valence-corrected chi connectivity index (χ2v) is 8.57. The summed E-state index contributed by atoms with van der Waals surface area (Å²) < 4.78 is 0. The fourth-order valence-corrected chi connectivity index (χ4v) is 4.04. The average Bonchev–Trinajstić information content (AvgIpc) is 2.56. The van der Waals surface area contributed by atoms with Crippen LogP contribution in [0.1, 0.15) is 66.2 Å². The molecule has 0 amide bonds. The first-order valence-electron chi connectivity index (χ1n) is 8.10. The van der Waals surface area contributed by atoms with E-state index >= 15 is 0 Å². The van der Waals surface area contributed by atoms with E-state index in [1.807, 2.05) is 0 Å². The van der Waals surface area contributed by atoms with Gasteiger partial charge in [0.05, 0.1) is 6.10 Å². The van der Waals surface area contributed by atoms with Gasteiger partial charge in [0.25, 0.3) is 0 Å². The molecule has 2 nitrogen and oxygen atoms in total. The third-order valence-corrected chi connectivity index (χ3v) is 5.86. The van der Waals surface area contributed by atoms with Crippen LogP contribution in [0.25, 0.3) is 0 Å². The summed E-state index contributed by atoms with van der Waals surface area (Å²) in [6, 6.07) is 0.740. The highest BCUT2D eigenvalue weighted by molar-refractivity contribution is 4.93. The van der Waals surface area contributed by atoms with Crippen LogP contribution < -0.4 is 0 Å². The van der Waals surface area contributed by atoms with Crippen molar-refractivity contribution in [3.63, 3.8) is 0 Å². The monoisotopic (exact) mass is 267 g/mol. The van der Waals surface area contributed by atoms with E-state index in [0.717, 1.165) is 12.6 Å². The van der Waals surface area contributed by atoms with Gasteiger partial charge in [-0.15, -0.1) is 0 Å². The Kier molecular flexibility index (Phi) is 4.32. The maximum Gasteiger partial charge on any atom is 0.0631 e. The smallest absolute Gasteiger partial charge is 0.0631 e. The minimum Gasteiger partial charge on any atom is -0.392 e. The van der Waals surface area contributed by atoms with Gasteiger partial charge < -0.3 is 10.0 Å². The largest absolute Gasteiger partial charge is 0.392 e. The van der Waals surface area contributed by atoms with Crippen molar-refractivity contribution in [3.8, 4) is 0 Å². The van der Waals surface area contributed by atoms with E-state index in [2.05, 4.69) is 39.6 Å². The van der Waals surface area contributed by atoms with Gasteiger partial charge in [-0.2, -0.15) is 0 Å². The molecule has 2 unspecified atom stereocenters. The molecule has 2 aliphatic carbocycles. The lowest BCUT2D eigenvalue weighted by molar-refractivity contribution is 0.0245. The van der Waals surface area contributed by atoms with Gasteiger partial charge in [0.1, 0.15) is 0 Å². The number of aliphatic hydroxyl groups is 1. The Hall–Kier alpha value is -0.0800. The SMILES string of the molecule is CN(CC1CCC(C)(C)C1O)C1CCC(C)(C)CC1. The third kappa shape index (κ3) is 3.52. The summed E-state index contributed by atoms with van der Waals surface area (Å²) >= 11 is 0. The standard InChI is InChI=1S/C17H33NO/c1-16(2)9-7-14(8-10-16)18(5)12-13-6-11-17(3,4)15(13)19/h13-15,19H,6-12H2,1-5H3. The van der Waals surface area contributed by atoms with Crippen molar-refractivity contribution >= 4 is 0 Å². The third-order valence-electron chi connectivity index (χ3n) is 5.86. The molecule has 0 heterocycles. The molecular formula is C17H33NO. The van der Waals surface area contributed by atoms with E-state index in [9.17, 15) is 5.11 Å². The van der Waals surface area contributed by atoms with Gasteiger partial charge in [0.15, 0.2) is 0 Å². The first-order valence-corrected chi connectivity index (χ1v) is 8.10. The fraction of sp³-hybridized carbons (Fsp3) is 1.00. The molecule has 0 radical (unpaired) electrons. The quantitative estimate of drug-likeness (QED) is 0.843. The molecule has 2 saturated carbocycles. The lowest BCUT2D eigenvalue weighted by Gasteiger charge is -2.40. The van der Waals surface area contributed by atoms with Crippen molar-refractivity contribution in [1.82, 2.24) is 4.90 Å². The lowest BCUT2D eigenvalue weighted by Crippen LogP contribution is -2.42. The zero-order valence-electron chi connectivity index (χ0n) is 13.6. The summed E-state index contributed by atoms with van der Waals surface area (Å²) in [6.07, 6.45) is 7.60. The number of rotatable bonds is 3. The molecule has 0 aromatic carbocycles. The van der Waals surface area contributed by atoms with E-state index in [0.29, 0.717) is 11.3 Å². The molecule has 2 aliphatic rings. The van der Waals surface area contributed by atoms with Crippen molar-refractivity contribution in [2.45, 2.75) is 78.4 Å². The molecule has 19 heavy (non-hydrogen) atoms. The lowest BCUT2D eigenvalue weighted by atomic mass is 9.75. The van der Waals surface area contributed by atoms with E-state index in [4.69, 9.17) is 0 Å². The molecule has 1 N–H and O–H groups in total. The maximum absolute atomic E-state index is 10.4. The Morgan fingerprint density at radius 1 is 1.00 bits per heavy atom. The molecule has 0 aliphatic heterocycles. The number of aliphatic hydroxyl groups excluding tert-OH is 1. The number of hydrogen-bond acceptors (Lipinski definition) is 2. The van der Waals surface area contributed by atoms with Gasteiger partial charge in [0, 0.05) is 12.6 Å². The molecule has 2 fully saturated rings. The topological polar surface area (TPSA) is 23.5 Å². The van der Waals surface area contributed by atoms with Crippen molar-refractivity contribution in [3.05, 3.63) is 0 Å². The number of hydrogen-bond donors (Lipinski definition) is 1. The summed E-state index contributed by atoms with van der Waals surface area (Å²) in [7, 11) is 2.26. The Balaban J connectivity index is 1.84. The van der Waals surface area contributed by atoms with Crippen LogP contribution in [-0.4, -0.2) is 35.7 Å². The molecule has 2 heteroatoms. The Labute approximate surface area is 119 Å². The molecule has 2 rings (SSSR count). The van der Waals surface area contributed by atoms with Crippen LogP contribution in [0.2, 0.25) is 0 Å². The van der Waals surface area contributed by atoms with Crippen molar-refractivity contribution < 1.29 is 5.11 Å². The summed E-state index contributed by atoms with van der Waals surface area (Å²) in [4.78, 5) is 2.53. The van der Waals surface area contributed by atoms with Gasteiger partial charge >= 0.3 is 0 Å². The fourth-order valence-electron chi connectivity index (χ4n) is 4.04. The van der Waals surface area contributed by atoms with E-state index < -0.39 is 0 Å². The highest BCUT2D eigenvalue weighted by atomic mass is 16.3. The second-order valence-electron chi connectivity index (χ2n) is 8.57. The van der Waals surface area contributed by atoms with E-state index in [-0.39, 0.29) is 11.5 Å². The second kappa shape index (κ2) is 5.37. The first kappa shape index (κ1) is 15.3. The highest BCUT2D eigenvalue weighted by Gasteiger charge is 2.41.